The second-order valence-corrected chi connectivity index (χ2v) is 9.66. The maximum atomic E-state index is 14.4. The van der Waals surface area contributed by atoms with Gasteiger partial charge in [-0.1, -0.05) is 30.0 Å². The smallest absolute Gasteiger partial charge is 0.264 e. The van der Waals surface area contributed by atoms with Crippen LogP contribution in [-0.2, 0) is 7.05 Å². The van der Waals surface area contributed by atoms with Crippen LogP contribution >= 0.6 is 0 Å². The molecule has 202 valence electrons. The molecule has 0 spiro atoms. The summed E-state index contributed by atoms with van der Waals surface area (Å²) < 4.78 is 19.0. The molecule has 10 heteroatoms. The molecule has 6 aromatic rings. The molecule has 4 aromatic heterocycles. The third-order valence-corrected chi connectivity index (χ3v) is 6.78. The number of rotatable bonds is 4. The van der Waals surface area contributed by atoms with Gasteiger partial charge in [0.15, 0.2) is 5.65 Å². The first-order valence-corrected chi connectivity index (χ1v) is 12.9. The minimum absolute atomic E-state index is 0.330. The number of benzene rings is 2. The summed E-state index contributed by atoms with van der Waals surface area (Å²) in [7, 11) is 1.80. The zero-order chi connectivity index (χ0) is 28.7. The fourth-order valence-corrected chi connectivity index (χ4v) is 4.92. The van der Waals surface area contributed by atoms with Gasteiger partial charge in [-0.25, -0.2) is 13.9 Å². The molecule has 0 fully saturated rings. The molecule has 41 heavy (non-hydrogen) atoms. The van der Waals surface area contributed by atoms with Crippen molar-refractivity contribution < 1.29 is 9.18 Å². The third-order valence-electron chi connectivity index (χ3n) is 6.78. The first-order chi connectivity index (χ1) is 19.8. The monoisotopic (exact) mass is 545 g/mol. The number of nitrogens with one attached hydrogen (secondary N) is 1. The fraction of sp³-hybridized carbons (Fsp3) is 0.129. The van der Waals surface area contributed by atoms with Gasteiger partial charge in [0.2, 0.25) is 0 Å². The zero-order valence-corrected chi connectivity index (χ0v) is 22.5. The Kier molecular flexibility index (Phi) is 6.40. The highest BCUT2D eigenvalue weighted by molar-refractivity contribution is 6.01. The van der Waals surface area contributed by atoms with Crippen molar-refractivity contribution in [1.29, 1.82) is 0 Å². The van der Waals surface area contributed by atoms with Crippen molar-refractivity contribution in [3.63, 3.8) is 0 Å². The van der Waals surface area contributed by atoms with Gasteiger partial charge in [0.25, 0.3) is 11.5 Å². The van der Waals surface area contributed by atoms with Crippen LogP contribution in [0.2, 0.25) is 0 Å². The Morgan fingerprint density at radius 3 is 2.71 bits per heavy atom. The van der Waals surface area contributed by atoms with E-state index >= 15 is 0 Å². The highest BCUT2D eigenvalue weighted by atomic mass is 19.1. The van der Waals surface area contributed by atoms with E-state index in [0.29, 0.717) is 50.2 Å². The second-order valence-electron chi connectivity index (χ2n) is 9.66. The maximum Gasteiger partial charge on any atom is 0.264 e. The SMILES string of the molecule is Cc1nn2cccnc2c1C(=O)N[C@@H](C)c1cc2cccc(C#Cc3cnn(C)c3)c2c(=O)n1-c1cccc(F)c1. The van der Waals surface area contributed by atoms with E-state index in [4.69, 9.17) is 0 Å². The van der Waals surface area contributed by atoms with Gasteiger partial charge in [-0.2, -0.15) is 10.2 Å². The van der Waals surface area contributed by atoms with Crippen LogP contribution < -0.4 is 10.9 Å². The topological polar surface area (TPSA) is 99.1 Å². The van der Waals surface area contributed by atoms with Gasteiger partial charge in [0, 0.05) is 36.9 Å². The van der Waals surface area contributed by atoms with Gasteiger partial charge in [0.1, 0.15) is 11.4 Å². The molecule has 1 atom stereocenters. The molecule has 0 aliphatic rings. The second kappa shape index (κ2) is 10.2. The van der Waals surface area contributed by atoms with Crippen molar-refractivity contribution in [2.75, 3.05) is 0 Å². The average Bonchev–Trinajstić information content (AvgIpc) is 3.52. The van der Waals surface area contributed by atoms with Crippen LogP contribution in [0.1, 0.15) is 45.8 Å². The number of halogens is 1. The molecule has 0 unspecified atom stereocenters. The average molecular weight is 546 g/mol. The van der Waals surface area contributed by atoms with E-state index in [9.17, 15) is 14.0 Å². The lowest BCUT2D eigenvalue weighted by Crippen LogP contribution is -2.32. The molecule has 9 nitrogen and oxygen atoms in total. The van der Waals surface area contributed by atoms with E-state index in [1.807, 2.05) is 18.2 Å². The summed E-state index contributed by atoms with van der Waals surface area (Å²) in [6, 6.07) is 14.1. The van der Waals surface area contributed by atoms with Crippen molar-refractivity contribution in [3.8, 4) is 17.5 Å². The molecule has 0 radical (unpaired) electrons. The van der Waals surface area contributed by atoms with E-state index in [1.165, 1.54) is 22.8 Å². The summed E-state index contributed by atoms with van der Waals surface area (Å²) in [4.78, 5) is 31.9. The van der Waals surface area contributed by atoms with E-state index in [2.05, 4.69) is 32.3 Å². The summed E-state index contributed by atoms with van der Waals surface area (Å²) in [5, 5.41) is 12.5. The number of carbonyl (C=O) groups is 1. The van der Waals surface area contributed by atoms with Gasteiger partial charge in [-0.3, -0.25) is 18.8 Å². The lowest BCUT2D eigenvalue weighted by atomic mass is 10.0. The van der Waals surface area contributed by atoms with Gasteiger partial charge < -0.3 is 5.32 Å². The Hall–Kier alpha value is -5.56. The van der Waals surface area contributed by atoms with Crippen LogP contribution in [0.15, 0.2) is 84.2 Å². The molecule has 0 aliphatic carbocycles. The molecule has 0 saturated carbocycles. The zero-order valence-electron chi connectivity index (χ0n) is 22.5. The van der Waals surface area contributed by atoms with E-state index in [0.717, 1.165) is 0 Å². The number of aromatic nitrogens is 6. The van der Waals surface area contributed by atoms with E-state index in [-0.39, 0.29) is 5.56 Å². The summed E-state index contributed by atoms with van der Waals surface area (Å²) >= 11 is 0. The van der Waals surface area contributed by atoms with Crippen LogP contribution in [0.5, 0.6) is 0 Å². The van der Waals surface area contributed by atoms with Crippen molar-refractivity contribution in [2.45, 2.75) is 19.9 Å². The van der Waals surface area contributed by atoms with Gasteiger partial charge >= 0.3 is 0 Å². The molecule has 4 heterocycles. The molecule has 6 rings (SSSR count). The van der Waals surface area contributed by atoms with Crippen molar-refractivity contribution in [3.05, 3.63) is 124 Å². The Bertz CT molecular complexity index is 2100. The van der Waals surface area contributed by atoms with Crippen molar-refractivity contribution in [2.24, 2.45) is 7.05 Å². The highest BCUT2D eigenvalue weighted by Gasteiger charge is 2.23. The number of amides is 1. The number of nitrogens with zero attached hydrogens (tertiary/aromatic N) is 6. The predicted molar refractivity (Wildman–Crippen MR) is 152 cm³/mol. The minimum Gasteiger partial charge on any atom is -0.344 e. The van der Waals surface area contributed by atoms with Gasteiger partial charge in [-0.05, 0) is 55.6 Å². The number of aryl methyl sites for hydroxylation is 2. The van der Waals surface area contributed by atoms with Crippen molar-refractivity contribution >= 4 is 22.3 Å². The lowest BCUT2D eigenvalue weighted by Gasteiger charge is -2.21. The van der Waals surface area contributed by atoms with Crippen LogP contribution in [-0.4, -0.2) is 34.9 Å². The quantitative estimate of drug-likeness (QED) is 0.336. The Labute approximate surface area is 233 Å². The number of carbonyl (C=O) groups excluding carboxylic acids is 1. The van der Waals surface area contributed by atoms with Crippen LogP contribution in [0.4, 0.5) is 4.39 Å². The number of hydrogen-bond acceptors (Lipinski definition) is 5. The summed E-state index contributed by atoms with van der Waals surface area (Å²) in [6.07, 6.45) is 6.74. The first kappa shape index (κ1) is 25.7. The van der Waals surface area contributed by atoms with E-state index < -0.39 is 17.8 Å². The molecule has 2 aromatic carbocycles. The predicted octanol–water partition coefficient (Wildman–Crippen LogP) is 4.11. The largest absolute Gasteiger partial charge is 0.344 e. The molecule has 1 amide bonds. The molecule has 0 aliphatic heterocycles. The highest BCUT2D eigenvalue weighted by Crippen LogP contribution is 2.24. The van der Waals surface area contributed by atoms with Gasteiger partial charge in [0.05, 0.1) is 34.6 Å². The van der Waals surface area contributed by atoms with Crippen LogP contribution in [0.25, 0.3) is 22.1 Å². The Balaban J connectivity index is 1.49. The van der Waals surface area contributed by atoms with Crippen LogP contribution in [0, 0.1) is 24.6 Å². The lowest BCUT2D eigenvalue weighted by molar-refractivity contribution is 0.0939. The van der Waals surface area contributed by atoms with Crippen molar-refractivity contribution in [1.82, 2.24) is 34.3 Å². The Morgan fingerprint density at radius 1 is 1.10 bits per heavy atom. The number of pyridine rings is 1. The molecular formula is C31H24FN7O2. The summed E-state index contributed by atoms with van der Waals surface area (Å²) in [6.45, 7) is 3.51. The molecule has 0 bridgehead atoms. The fourth-order valence-electron chi connectivity index (χ4n) is 4.92. The molecule has 1 N–H and O–H groups in total. The van der Waals surface area contributed by atoms with E-state index in [1.54, 1.807) is 73.1 Å². The summed E-state index contributed by atoms with van der Waals surface area (Å²) in [5.74, 6) is 5.27. The summed E-state index contributed by atoms with van der Waals surface area (Å²) in [5.41, 5.74) is 2.94. The third kappa shape index (κ3) is 4.74. The van der Waals surface area contributed by atoms with Crippen LogP contribution in [0.3, 0.4) is 0 Å². The number of fused-ring (bicyclic) bond motifs is 2. The normalized spacial score (nSPS) is 11.8. The molecule has 0 saturated heterocycles. The Morgan fingerprint density at radius 2 is 1.93 bits per heavy atom. The maximum absolute atomic E-state index is 14.4. The standard InChI is InChI=1S/C31H24FN7O2/c1-19(35-30(40)27-20(2)36-38-14-6-13-33-29(27)38)26-15-23-8-4-7-22(12-11-21-17-34-37(3)18-21)28(23)31(41)39(26)25-10-5-9-24(32)16-25/h4-10,13-19H,1-3H3,(H,35,40)/t19-/m0/s1. The number of hydrogen-bond donors (Lipinski definition) is 1. The van der Waals surface area contributed by atoms with Gasteiger partial charge in [-0.15, -0.1) is 0 Å². The minimum atomic E-state index is -0.647. The molecular weight excluding hydrogens is 521 g/mol. The first-order valence-electron chi connectivity index (χ1n) is 12.9.